The molecule has 0 spiro atoms. The fraction of sp³-hybridized carbons (Fsp3) is 0.214. The number of phenols is 1. The van der Waals surface area contributed by atoms with Crippen molar-refractivity contribution in [3.8, 4) is 32.4 Å². The van der Waals surface area contributed by atoms with Crippen LogP contribution in [0.1, 0.15) is 40.1 Å². The number of hydrogen-bond acceptors (Lipinski definition) is 4. The molecule has 1 aliphatic rings. The zero-order chi connectivity index (χ0) is 22.2. The van der Waals surface area contributed by atoms with Crippen molar-refractivity contribution in [1.29, 1.82) is 0 Å². The van der Waals surface area contributed by atoms with E-state index in [1.807, 2.05) is 46.9 Å². The zero-order valence-corrected chi connectivity index (χ0v) is 20.2. The molecule has 0 saturated carbocycles. The van der Waals surface area contributed by atoms with E-state index in [1.165, 1.54) is 53.8 Å². The van der Waals surface area contributed by atoms with E-state index in [-0.39, 0.29) is 0 Å². The first-order valence-corrected chi connectivity index (χ1v) is 12.5. The second kappa shape index (κ2) is 8.61. The number of phenolic OH excluding ortho intramolecular Hbond substituents is 1. The molecule has 4 heteroatoms. The van der Waals surface area contributed by atoms with Crippen LogP contribution in [0.15, 0.2) is 60.7 Å². The van der Waals surface area contributed by atoms with Crippen LogP contribution in [0.3, 0.4) is 0 Å². The summed E-state index contributed by atoms with van der Waals surface area (Å²) in [6.07, 6.45) is 3.48. The van der Waals surface area contributed by atoms with Gasteiger partial charge in [-0.05, 0) is 127 Å². The molecular weight excluding hydrogens is 432 g/mol. The van der Waals surface area contributed by atoms with Crippen LogP contribution in [-0.4, -0.2) is 12.2 Å². The van der Waals surface area contributed by atoms with Gasteiger partial charge in [-0.25, -0.2) is 0 Å². The van der Waals surface area contributed by atoms with E-state index in [2.05, 4.69) is 38.1 Å². The van der Waals surface area contributed by atoms with Crippen molar-refractivity contribution in [3.63, 3.8) is 0 Å². The van der Waals surface area contributed by atoms with Crippen LogP contribution >= 0.6 is 22.7 Å². The number of aromatic hydroxyl groups is 1. The fourth-order valence-electron chi connectivity index (χ4n) is 4.57. The summed E-state index contributed by atoms with van der Waals surface area (Å²) < 4.78 is 5.31. The van der Waals surface area contributed by atoms with Crippen LogP contribution in [0.2, 0.25) is 0 Å². The van der Waals surface area contributed by atoms with E-state index in [4.69, 9.17) is 4.74 Å². The van der Waals surface area contributed by atoms with Gasteiger partial charge in [-0.15, -0.1) is 22.7 Å². The predicted octanol–water partition coefficient (Wildman–Crippen LogP) is 8.57. The quantitative estimate of drug-likeness (QED) is 0.324. The van der Waals surface area contributed by atoms with Crippen LogP contribution < -0.4 is 4.74 Å². The van der Waals surface area contributed by atoms with Crippen LogP contribution in [0.4, 0.5) is 0 Å². The first kappa shape index (κ1) is 21.0. The third-order valence-electron chi connectivity index (χ3n) is 6.23. The summed E-state index contributed by atoms with van der Waals surface area (Å²) in [5.41, 5.74) is 8.22. The molecule has 0 unspecified atom stereocenters. The van der Waals surface area contributed by atoms with Crippen molar-refractivity contribution in [1.82, 2.24) is 0 Å². The number of rotatable bonds is 5. The summed E-state index contributed by atoms with van der Waals surface area (Å²) in [6, 6.07) is 20.6. The maximum atomic E-state index is 9.62. The van der Waals surface area contributed by atoms with Crippen molar-refractivity contribution in [2.45, 2.75) is 33.1 Å². The van der Waals surface area contributed by atoms with Crippen molar-refractivity contribution in [2.24, 2.45) is 0 Å². The molecule has 32 heavy (non-hydrogen) atoms. The van der Waals surface area contributed by atoms with Crippen molar-refractivity contribution in [2.75, 3.05) is 7.11 Å². The third-order valence-corrected chi connectivity index (χ3v) is 8.43. The van der Waals surface area contributed by atoms with Gasteiger partial charge in [0, 0.05) is 19.5 Å². The molecule has 0 radical (unpaired) electrons. The molecule has 162 valence electrons. The van der Waals surface area contributed by atoms with Crippen LogP contribution in [0.25, 0.3) is 32.0 Å². The molecule has 0 atom stereocenters. The minimum Gasteiger partial charge on any atom is -0.508 e. The van der Waals surface area contributed by atoms with Gasteiger partial charge >= 0.3 is 0 Å². The second-order valence-electron chi connectivity index (χ2n) is 8.25. The van der Waals surface area contributed by atoms with Crippen LogP contribution in [-0.2, 0) is 0 Å². The lowest BCUT2D eigenvalue weighted by Crippen LogP contribution is -1.86. The van der Waals surface area contributed by atoms with E-state index < -0.39 is 0 Å². The molecular formula is C28H26O2S2. The minimum absolute atomic E-state index is 0.309. The highest BCUT2D eigenvalue weighted by Gasteiger charge is 2.23. The fourth-order valence-corrected chi connectivity index (χ4v) is 6.67. The number of methoxy groups -OCH3 is 1. The summed E-state index contributed by atoms with van der Waals surface area (Å²) in [6.45, 7) is 4.48. The number of ether oxygens (including phenoxy) is 1. The summed E-state index contributed by atoms with van der Waals surface area (Å²) in [7, 11) is 1.70. The lowest BCUT2D eigenvalue weighted by Gasteiger charge is -2.07. The zero-order valence-electron chi connectivity index (χ0n) is 18.6. The Hall–Kier alpha value is -2.82. The first-order chi connectivity index (χ1) is 15.5. The van der Waals surface area contributed by atoms with Gasteiger partial charge in [0.05, 0.1) is 7.11 Å². The Kier molecular flexibility index (Phi) is 5.66. The van der Waals surface area contributed by atoms with E-state index in [0.717, 1.165) is 24.2 Å². The molecule has 2 aromatic heterocycles. The van der Waals surface area contributed by atoms with Gasteiger partial charge in [0.1, 0.15) is 11.5 Å². The van der Waals surface area contributed by atoms with Gasteiger partial charge in [-0.1, -0.05) is 0 Å². The molecule has 0 saturated heterocycles. The Labute approximate surface area is 197 Å². The molecule has 0 fully saturated rings. The lowest BCUT2D eigenvalue weighted by atomic mass is 9.96. The van der Waals surface area contributed by atoms with Crippen molar-refractivity contribution >= 4 is 33.8 Å². The average molecular weight is 459 g/mol. The number of thiophene rings is 2. The van der Waals surface area contributed by atoms with E-state index in [1.54, 1.807) is 19.2 Å². The number of hydrogen-bond donors (Lipinski definition) is 1. The van der Waals surface area contributed by atoms with E-state index in [0.29, 0.717) is 5.75 Å². The molecule has 1 aliphatic carbocycles. The van der Waals surface area contributed by atoms with Crippen molar-refractivity contribution < 1.29 is 9.84 Å². The first-order valence-electron chi connectivity index (χ1n) is 10.9. The highest BCUT2D eigenvalue weighted by Crippen LogP contribution is 2.47. The Morgan fingerprint density at radius 1 is 0.719 bits per heavy atom. The Morgan fingerprint density at radius 3 is 1.66 bits per heavy atom. The largest absolute Gasteiger partial charge is 0.508 e. The van der Waals surface area contributed by atoms with E-state index >= 15 is 0 Å². The molecule has 0 amide bonds. The van der Waals surface area contributed by atoms with Crippen LogP contribution in [0.5, 0.6) is 11.5 Å². The van der Waals surface area contributed by atoms with Gasteiger partial charge in [0.2, 0.25) is 0 Å². The molecule has 5 rings (SSSR count). The normalized spacial score (nSPS) is 13.7. The average Bonchev–Trinajstić information content (AvgIpc) is 3.52. The minimum atomic E-state index is 0.309. The SMILES string of the molecule is COc1ccc(-c2cc(C3=C(c4cc(-c5ccc(O)cc5)sc4C)CCC3)c(C)s2)cc1. The number of benzene rings is 2. The number of allylic oxidation sites excluding steroid dienone is 2. The Balaban J connectivity index is 1.53. The van der Waals surface area contributed by atoms with Gasteiger partial charge in [0.25, 0.3) is 0 Å². The molecule has 4 aromatic rings. The third kappa shape index (κ3) is 3.89. The Bertz CT molecular complexity index is 1290. The maximum absolute atomic E-state index is 9.62. The molecule has 2 heterocycles. The standard InChI is InChI=1S/C28H26O2S2/c1-17-25(15-27(31-17)19-7-11-21(29)12-8-19)23-5-4-6-24(23)26-16-28(32-18(26)2)20-9-13-22(30-3)14-10-20/h7-16,29H,4-6H2,1-3H3. The summed E-state index contributed by atoms with van der Waals surface area (Å²) in [5.74, 6) is 1.20. The van der Waals surface area contributed by atoms with Gasteiger partial charge in [-0.3, -0.25) is 0 Å². The second-order valence-corrected chi connectivity index (χ2v) is 10.8. The Morgan fingerprint density at radius 2 is 1.19 bits per heavy atom. The highest BCUT2D eigenvalue weighted by molar-refractivity contribution is 7.16. The van der Waals surface area contributed by atoms with Crippen molar-refractivity contribution in [3.05, 3.63) is 81.5 Å². The summed E-state index contributed by atoms with van der Waals surface area (Å²) in [4.78, 5) is 5.32. The summed E-state index contributed by atoms with van der Waals surface area (Å²) >= 11 is 3.72. The molecule has 2 aromatic carbocycles. The topological polar surface area (TPSA) is 29.5 Å². The van der Waals surface area contributed by atoms with Gasteiger partial charge < -0.3 is 9.84 Å². The monoisotopic (exact) mass is 458 g/mol. The maximum Gasteiger partial charge on any atom is 0.118 e. The predicted molar refractivity (Wildman–Crippen MR) is 138 cm³/mol. The van der Waals surface area contributed by atoms with Gasteiger partial charge in [-0.2, -0.15) is 0 Å². The smallest absolute Gasteiger partial charge is 0.118 e. The molecule has 0 aliphatic heterocycles. The highest BCUT2D eigenvalue weighted by atomic mass is 32.1. The molecule has 0 bridgehead atoms. The summed E-state index contributed by atoms with van der Waals surface area (Å²) in [5, 5.41) is 9.62. The lowest BCUT2D eigenvalue weighted by molar-refractivity contribution is 0.415. The number of aryl methyl sites for hydroxylation is 2. The molecule has 1 N–H and O–H groups in total. The van der Waals surface area contributed by atoms with E-state index in [9.17, 15) is 5.11 Å². The van der Waals surface area contributed by atoms with Crippen LogP contribution in [0, 0.1) is 13.8 Å². The van der Waals surface area contributed by atoms with Gasteiger partial charge in [0.15, 0.2) is 0 Å². The molecule has 2 nitrogen and oxygen atoms in total.